The first-order valence-corrected chi connectivity index (χ1v) is 10.8. The largest absolute Gasteiger partial charge is 0.302 e. The third-order valence-corrected chi connectivity index (χ3v) is 12.7. The predicted octanol–water partition coefficient (Wildman–Crippen LogP) is 7.07. The molecule has 0 aliphatic heterocycles. The van der Waals surface area contributed by atoms with Crippen LogP contribution in [0, 0.1) is 0 Å². The minimum absolute atomic E-state index is 2.64. The fourth-order valence-corrected chi connectivity index (χ4v) is 5.37. The Bertz CT molecular complexity index is 559. The molecule has 0 radical (unpaired) electrons. The van der Waals surface area contributed by atoms with Gasteiger partial charge >= 0.3 is 10.1 Å². The zero-order valence-electron chi connectivity index (χ0n) is 9.59. The zero-order valence-corrected chi connectivity index (χ0v) is 20.2. The molecule has 0 aliphatic rings. The molecule has 0 fully saturated rings. The number of halogens is 13. The summed E-state index contributed by atoms with van der Waals surface area (Å²) in [4.78, 5) is 0. The van der Waals surface area contributed by atoms with Crippen LogP contribution in [-0.4, -0.2) is 37.8 Å². The van der Waals surface area contributed by atoms with Crippen LogP contribution in [0.2, 0.25) is 0 Å². The standard InChI is InChI=1S/C6HCl13O3S/c7-1(8,3(11,12)5(15,16)17)2(9,10)4(13,14)6(18,19)23(20,21)22/h(H,20,21,22). The molecule has 0 aromatic carbocycles. The van der Waals surface area contributed by atoms with Crippen molar-refractivity contribution >= 4 is 161 Å². The van der Waals surface area contributed by atoms with E-state index in [9.17, 15) is 8.42 Å². The minimum Gasteiger partial charge on any atom is -0.283 e. The molecular formula is C6HCl13O3S. The van der Waals surface area contributed by atoms with Crippen LogP contribution in [0.3, 0.4) is 0 Å². The Morgan fingerprint density at radius 1 is 0.522 bits per heavy atom. The van der Waals surface area contributed by atoms with E-state index in [0.717, 1.165) is 0 Å². The van der Waals surface area contributed by atoms with Gasteiger partial charge in [0, 0.05) is 0 Å². The first-order chi connectivity index (χ1) is 9.50. The molecule has 0 spiro atoms. The molecule has 0 unspecified atom stereocenters. The van der Waals surface area contributed by atoms with Gasteiger partial charge < -0.3 is 0 Å². The van der Waals surface area contributed by atoms with Gasteiger partial charge in [0.2, 0.25) is 12.5 Å². The van der Waals surface area contributed by atoms with Gasteiger partial charge in [-0.25, -0.2) is 0 Å². The van der Waals surface area contributed by atoms with Gasteiger partial charge in [0.1, 0.15) is 0 Å². The Morgan fingerprint density at radius 3 is 1.00 bits per heavy atom. The van der Waals surface area contributed by atoms with Crippen LogP contribution in [0.15, 0.2) is 0 Å². The number of alkyl halides is 13. The van der Waals surface area contributed by atoms with Crippen LogP contribution in [-0.2, 0) is 10.1 Å². The Hall–Kier alpha value is 3.68. The Morgan fingerprint density at radius 2 is 0.783 bits per heavy atom. The summed E-state index contributed by atoms with van der Waals surface area (Å²) in [5, 5.41) is 0. The Labute approximate surface area is 196 Å². The number of hydrogen-bond donors (Lipinski definition) is 1. The fraction of sp³-hybridized carbons (Fsp3) is 1.00. The van der Waals surface area contributed by atoms with Gasteiger partial charge in [0.25, 0.3) is 3.67 Å². The second-order valence-corrected chi connectivity index (χ2v) is 14.7. The van der Waals surface area contributed by atoms with Crippen molar-refractivity contribution in [2.45, 2.75) is 24.8 Å². The third kappa shape index (κ3) is 4.33. The summed E-state index contributed by atoms with van der Waals surface area (Å²) in [5.41, 5.74) is 0. The quantitative estimate of drug-likeness (QED) is 0.267. The molecule has 0 aliphatic carbocycles. The van der Waals surface area contributed by atoms with Crippen molar-refractivity contribution in [2.24, 2.45) is 0 Å². The molecule has 3 nitrogen and oxygen atoms in total. The summed E-state index contributed by atoms with van der Waals surface area (Å²) in [6.45, 7) is 0. The van der Waals surface area contributed by atoms with Crippen LogP contribution in [0.4, 0.5) is 0 Å². The van der Waals surface area contributed by atoms with E-state index >= 15 is 0 Å². The van der Waals surface area contributed by atoms with E-state index < -0.39 is 34.9 Å². The van der Waals surface area contributed by atoms with Crippen molar-refractivity contribution in [3.05, 3.63) is 0 Å². The fourth-order valence-electron chi connectivity index (χ4n) is 0.917. The summed E-state index contributed by atoms with van der Waals surface area (Å²) in [6, 6.07) is 0. The Kier molecular flexibility index (Phi) is 8.70. The van der Waals surface area contributed by atoms with Crippen molar-refractivity contribution < 1.29 is 13.0 Å². The van der Waals surface area contributed by atoms with Crippen LogP contribution < -0.4 is 0 Å². The van der Waals surface area contributed by atoms with Crippen molar-refractivity contribution in [1.29, 1.82) is 0 Å². The molecule has 0 bridgehead atoms. The van der Waals surface area contributed by atoms with E-state index in [1.807, 2.05) is 0 Å². The maximum absolute atomic E-state index is 11.3. The van der Waals surface area contributed by atoms with Gasteiger partial charge in [-0.1, -0.05) is 151 Å². The monoisotopic (exact) mass is 608 g/mol. The molecule has 140 valence electrons. The summed E-state index contributed by atoms with van der Waals surface area (Å²) >= 11 is 73.9. The first kappa shape index (κ1) is 26.7. The van der Waals surface area contributed by atoms with Crippen LogP contribution >= 0.6 is 151 Å². The van der Waals surface area contributed by atoms with E-state index in [2.05, 4.69) is 0 Å². The molecule has 0 heterocycles. The zero-order chi connectivity index (χ0) is 19.5. The average molecular weight is 614 g/mol. The van der Waals surface area contributed by atoms with Gasteiger partial charge in [-0.2, -0.15) is 8.42 Å². The molecule has 0 rings (SSSR count). The van der Waals surface area contributed by atoms with Crippen molar-refractivity contribution in [1.82, 2.24) is 0 Å². The van der Waals surface area contributed by atoms with Crippen LogP contribution in [0.1, 0.15) is 0 Å². The maximum Gasteiger partial charge on any atom is 0.302 e. The average Bonchev–Trinajstić information content (AvgIpc) is 2.24. The SMILES string of the molecule is O=S(=O)(O)C(Cl)(Cl)C(Cl)(Cl)C(Cl)(Cl)C(Cl)(Cl)C(Cl)(Cl)C(Cl)(Cl)Cl. The lowest BCUT2D eigenvalue weighted by molar-refractivity contribution is 0.453. The van der Waals surface area contributed by atoms with E-state index in [1.54, 1.807) is 0 Å². The van der Waals surface area contributed by atoms with Gasteiger partial charge in [-0.3, -0.25) is 4.55 Å². The number of hydrogen-bond acceptors (Lipinski definition) is 2. The van der Waals surface area contributed by atoms with E-state index in [-0.39, 0.29) is 0 Å². The first-order valence-electron chi connectivity index (χ1n) is 4.43. The van der Waals surface area contributed by atoms with E-state index in [0.29, 0.717) is 0 Å². The minimum atomic E-state index is -5.39. The molecule has 0 amide bonds. The van der Waals surface area contributed by atoms with E-state index in [4.69, 9.17) is 155 Å². The molecule has 0 saturated carbocycles. The van der Waals surface area contributed by atoms with Crippen molar-refractivity contribution in [2.75, 3.05) is 0 Å². The second kappa shape index (κ2) is 7.50. The van der Waals surface area contributed by atoms with Gasteiger partial charge in [0.05, 0.1) is 0 Å². The number of rotatable bonds is 5. The van der Waals surface area contributed by atoms with Gasteiger partial charge in [-0.15, -0.1) is 0 Å². The van der Waals surface area contributed by atoms with E-state index in [1.165, 1.54) is 0 Å². The maximum atomic E-state index is 11.3. The molecular weight excluding hydrogens is 613 g/mol. The molecule has 0 aromatic heterocycles. The van der Waals surface area contributed by atoms with Gasteiger partial charge in [0.15, 0.2) is 8.67 Å². The highest BCUT2D eigenvalue weighted by Crippen LogP contribution is 2.69. The molecule has 0 aromatic rings. The van der Waals surface area contributed by atoms with Crippen molar-refractivity contribution in [3.8, 4) is 0 Å². The highest BCUT2D eigenvalue weighted by Gasteiger charge is 2.79. The molecule has 1 N–H and O–H groups in total. The Balaban J connectivity index is 6.48. The lowest BCUT2D eigenvalue weighted by Gasteiger charge is -2.49. The summed E-state index contributed by atoms with van der Waals surface area (Å²) < 4.78 is 13.3. The lowest BCUT2D eigenvalue weighted by atomic mass is 10.1. The van der Waals surface area contributed by atoms with Crippen molar-refractivity contribution in [3.63, 3.8) is 0 Å². The molecule has 23 heavy (non-hydrogen) atoms. The molecule has 17 heteroatoms. The second-order valence-electron chi connectivity index (χ2n) is 3.79. The van der Waals surface area contributed by atoms with Crippen LogP contribution in [0.5, 0.6) is 0 Å². The molecule has 0 atom stereocenters. The summed E-state index contributed by atoms with van der Waals surface area (Å²) in [6.07, 6.45) is 0. The highest BCUT2D eigenvalue weighted by atomic mass is 35.6. The highest BCUT2D eigenvalue weighted by molar-refractivity contribution is 7.90. The smallest absolute Gasteiger partial charge is 0.283 e. The lowest BCUT2D eigenvalue weighted by Crippen LogP contribution is -2.66. The normalized spacial score (nSPS) is 16.6. The summed E-state index contributed by atoms with van der Waals surface area (Å²) in [7, 11) is -5.39. The van der Waals surface area contributed by atoms with Gasteiger partial charge in [-0.05, 0) is 0 Å². The molecule has 0 saturated heterocycles. The van der Waals surface area contributed by atoms with Crippen LogP contribution in [0.25, 0.3) is 0 Å². The predicted molar refractivity (Wildman–Crippen MR) is 104 cm³/mol. The summed E-state index contributed by atoms with van der Waals surface area (Å²) in [5.74, 6) is 0. The topological polar surface area (TPSA) is 54.4 Å². The third-order valence-electron chi connectivity index (χ3n) is 2.23.